The molecule has 0 heterocycles. The Morgan fingerprint density at radius 1 is 1.07 bits per heavy atom. The van der Waals surface area contributed by atoms with E-state index in [0.29, 0.717) is 40.6 Å². The summed E-state index contributed by atoms with van der Waals surface area (Å²) in [5.74, 6) is -0.111. The van der Waals surface area contributed by atoms with Crippen LogP contribution in [0.2, 0.25) is 0 Å². The van der Waals surface area contributed by atoms with Gasteiger partial charge in [0, 0.05) is 12.5 Å². The fourth-order valence-electron chi connectivity index (χ4n) is 3.25. The van der Waals surface area contributed by atoms with Crippen molar-refractivity contribution in [2.75, 3.05) is 6.61 Å². The second kappa shape index (κ2) is 9.36. The molecule has 0 saturated heterocycles. The summed E-state index contributed by atoms with van der Waals surface area (Å²) in [5, 5.41) is 18.5. The molecule has 1 aliphatic rings. The Morgan fingerprint density at radius 2 is 1.83 bits per heavy atom. The predicted molar refractivity (Wildman–Crippen MR) is 107 cm³/mol. The molecular formula is C23H23F3O4. The van der Waals surface area contributed by atoms with E-state index in [9.17, 15) is 23.4 Å². The second-order valence-electron chi connectivity index (χ2n) is 6.97. The topological polar surface area (TPSA) is 58.9 Å². The molecule has 2 aromatic rings. The highest BCUT2D eigenvalue weighted by molar-refractivity contribution is 5.76. The maximum Gasteiger partial charge on any atom is 0.395 e. The first kappa shape index (κ1) is 21.9. The van der Waals surface area contributed by atoms with Gasteiger partial charge < -0.3 is 19.7 Å². The summed E-state index contributed by atoms with van der Waals surface area (Å²) in [5.41, 5.74) is 1.72. The molecule has 4 nitrogen and oxygen atoms in total. The van der Waals surface area contributed by atoms with Crippen LogP contribution in [-0.4, -0.2) is 29.3 Å². The lowest BCUT2D eigenvalue weighted by Gasteiger charge is -2.20. The van der Waals surface area contributed by atoms with Crippen LogP contribution in [0.4, 0.5) is 13.2 Å². The minimum Gasteiger partial charge on any atom is -0.494 e. The second-order valence-corrected chi connectivity index (χ2v) is 6.97. The largest absolute Gasteiger partial charge is 0.494 e. The van der Waals surface area contributed by atoms with Gasteiger partial charge >= 0.3 is 6.18 Å². The van der Waals surface area contributed by atoms with Crippen molar-refractivity contribution in [3.05, 3.63) is 71.8 Å². The van der Waals surface area contributed by atoms with E-state index in [1.807, 2.05) is 6.92 Å². The van der Waals surface area contributed by atoms with Gasteiger partial charge in [-0.2, -0.15) is 13.2 Å². The number of hydrogen-bond acceptors (Lipinski definition) is 4. The number of halogens is 3. The zero-order chi connectivity index (χ0) is 21.7. The normalized spacial score (nSPS) is 16.5. The molecule has 1 aliphatic carbocycles. The van der Waals surface area contributed by atoms with Gasteiger partial charge in [0.1, 0.15) is 17.2 Å². The third kappa shape index (κ3) is 5.87. The van der Waals surface area contributed by atoms with E-state index in [1.54, 1.807) is 48.5 Å². The van der Waals surface area contributed by atoms with Crippen molar-refractivity contribution in [1.29, 1.82) is 0 Å². The highest BCUT2D eigenvalue weighted by Gasteiger charge is 2.38. The van der Waals surface area contributed by atoms with Crippen molar-refractivity contribution in [2.24, 2.45) is 5.92 Å². The van der Waals surface area contributed by atoms with Gasteiger partial charge in [-0.3, -0.25) is 0 Å². The minimum atomic E-state index is -4.28. The molecule has 30 heavy (non-hydrogen) atoms. The van der Waals surface area contributed by atoms with Crippen LogP contribution in [0, 0.1) is 5.92 Å². The predicted octanol–water partition coefficient (Wildman–Crippen LogP) is 5.25. The van der Waals surface area contributed by atoms with Gasteiger partial charge in [-0.05, 0) is 54.3 Å². The summed E-state index contributed by atoms with van der Waals surface area (Å²) < 4.78 is 50.6. The molecule has 0 aromatic heterocycles. The van der Waals surface area contributed by atoms with E-state index in [1.165, 1.54) is 12.2 Å². The summed E-state index contributed by atoms with van der Waals surface area (Å²) in [4.78, 5) is 0. The minimum absolute atomic E-state index is 0.00776. The van der Waals surface area contributed by atoms with E-state index >= 15 is 0 Å². The van der Waals surface area contributed by atoms with Crippen LogP contribution in [0.1, 0.15) is 24.5 Å². The summed E-state index contributed by atoms with van der Waals surface area (Å²) in [6.45, 7) is 2.26. The fourth-order valence-corrected chi connectivity index (χ4v) is 3.25. The molecule has 2 aromatic carbocycles. The quantitative estimate of drug-likeness (QED) is 0.601. The van der Waals surface area contributed by atoms with Gasteiger partial charge in [-0.25, -0.2) is 0 Å². The van der Waals surface area contributed by atoms with E-state index in [2.05, 4.69) is 0 Å². The standard InChI is InChI=1S/C23H23F3O4/c1-2-29-20-9-15(11-22(27)28)10-21(14-20)30-19-8-4-6-17(13-19)16-5-3-7-18(12-16)23(24,25)26/h3-6,8-10,12-14,18,22,27-28H,2,7,11H2,1H3. The first-order valence-electron chi connectivity index (χ1n) is 9.61. The van der Waals surface area contributed by atoms with Crippen LogP contribution in [0.5, 0.6) is 17.2 Å². The lowest BCUT2D eigenvalue weighted by atomic mass is 9.92. The zero-order valence-electron chi connectivity index (χ0n) is 16.4. The van der Waals surface area contributed by atoms with E-state index in [0.717, 1.165) is 0 Å². The van der Waals surface area contributed by atoms with Crippen molar-refractivity contribution in [1.82, 2.24) is 0 Å². The van der Waals surface area contributed by atoms with Crippen molar-refractivity contribution in [3.63, 3.8) is 0 Å². The van der Waals surface area contributed by atoms with Crippen molar-refractivity contribution < 1.29 is 32.9 Å². The Bertz CT molecular complexity index is 932. The van der Waals surface area contributed by atoms with Crippen molar-refractivity contribution in [2.45, 2.75) is 32.2 Å². The molecule has 1 atom stereocenters. The number of aliphatic hydroxyl groups is 2. The van der Waals surface area contributed by atoms with E-state index in [4.69, 9.17) is 9.47 Å². The molecule has 0 fully saturated rings. The lowest BCUT2D eigenvalue weighted by Crippen LogP contribution is -2.21. The van der Waals surface area contributed by atoms with Crippen LogP contribution in [0.15, 0.2) is 60.7 Å². The molecular weight excluding hydrogens is 397 g/mol. The van der Waals surface area contributed by atoms with Crippen molar-refractivity contribution >= 4 is 5.57 Å². The third-order valence-electron chi connectivity index (χ3n) is 4.56. The van der Waals surface area contributed by atoms with Crippen LogP contribution < -0.4 is 9.47 Å². The summed E-state index contributed by atoms with van der Waals surface area (Å²) in [6, 6.07) is 11.8. The SMILES string of the molecule is CCOc1cc(CC(O)O)cc(Oc2cccc(C3=CC(C(F)(F)F)CC=C3)c2)c1. The number of alkyl halides is 3. The van der Waals surface area contributed by atoms with Crippen LogP contribution in [0.3, 0.4) is 0 Å². The summed E-state index contributed by atoms with van der Waals surface area (Å²) >= 11 is 0. The Labute approximate surface area is 172 Å². The Balaban J connectivity index is 1.86. The Morgan fingerprint density at radius 3 is 2.53 bits per heavy atom. The number of ether oxygens (including phenoxy) is 2. The molecule has 2 N–H and O–H groups in total. The average molecular weight is 420 g/mol. The number of aliphatic hydroxyl groups excluding tert-OH is 1. The fraction of sp³-hybridized carbons (Fsp3) is 0.304. The third-order valence-corrected chi connectivity index (χ3v) is 4.56. The first-order chi connectivity index (χ1) is 14.2. The smallest absolute Gasteiger partial charge is 0.395 e. The number of rotatable bonds is 7. The molecule has 0 bridgehead atoms. The van der Waals surface area contributed by atoms with E-state index in [-0.39, 0.29) is 12.8 Å². The Hall–Kier alpha value is -2.77. The van der Waals surface area contributed by atoms with Gasteiger partial charge in [-0.1, -0.05) is 30.4 Å². The van der Waals surface area contributed by atoms with Gasteiger partial charge in [0.2, 0.25) is 0 Å². The molecule has 0 spiro atoms. The first-order valence-corrected chi connectivity index (χ1v) is 9.61. The van der Waals surface area contributed by atoms with Gasteiger partial charge in [0.05, 0.1) is 12.5 Å². The molecule has 7 heteroatoms. The molecule has 1 unspecified atom stereocenters. The molecule has 3 rings (SSSR count). The van der Waals surface area contributed by atoms with Crippen LogP contribution >= 0.6 is 0 Å². The number of hydrogen-bond donors (Lipinski definition) is 2. The highest BCUT2D eigenvalue weighted by atomic mass is 19.4. The number of benzene rings is 2. The molecule has 0 amide bonds. The van der Waals surface area contributed by atoms with Gasteiger partial charge in [0.15, 0.2) is 6.29 Å². The van der Waals surface area contributed by atoms with Crippen LogP contribution in [-0.2, 0) is 6.42 Å². The molecule has 0 aliphatic heterocycles. The zero-order valence-corrected chi connectivity index (χ0v) is 16.4. The maximum atomic E-state index is 13.1. The average Bonchev–Trinajstić information content (AvgIpc) is 2.67. The maximum absolute atomic E-state index is 13.1. The van der Waals surface area contributed by atoms with Crippen molar-refractivity contribution in [3.8, 4) is 17.2 Å². The van der Waals surface area contributed by atoms with Gasteiger partial charge in [0.25, 0.3) is 0 Å². The van der Waals surface area contributed by atoms with E-state index < -0.39 is 18.4 Å². The molecule has 160 valence electrons. The molecule has 0 saturated carbocycles. The van der Waals surface area contributed by atoms with Gasteiger partial charge in [-0.15, -0.1) is 0 Å². The summed E-state index contributed by atoms with van der Waals surface area (Å²) in [7, 11) is 0. The van der Waals surface area contributed by atoms with Crippen LogP contribution in [0.25, 0.3) is 5.57 Å². The summed E-state index contributed by atoms with van der Waals surface area (Å²) in [6.07, 6.45) is -1.41. The Kier molecular flexibility index (Phi) is 6.84. The monoisotopic (exact) mass is 420 g/mol. The number of allylic oxidation sites excluding steroid dienone is 4. The highest BCUT2D eigenvalue weighted by Crippen LogP contribution is 2.37. The molecule has 0 radical (unpaired) electrons. The lowest BCUT2D eigenvalue weighted by molar-refractivity contribution is -0.160.